The SMILES string of the molecule is Nc1cccc2[te]ccc12. The number of fused-ring (bicyclic) bond motifs is 1. The van der Waals surface area contributed by atoms with Crippen LogP contribution in [-0.4, -0.2) is 20.4 Å². The molecule has 2 heteroatoms. The summed E-state index contributed by atoms with van der Waals surface area (Å²) in [6.45, 7) is 0. The van der Waals surface area contributed by atoms with Gasteiger partial charge < -0.3 is 0 Å². The van der Waals surface area contributed by atoms with Crippen LogP contribution in [0.15, 0.2) is 28.3 Å². The molecule has 0 amide bonds. The normalized spacial score (nSPS) is 10.4. The Morgan fingerprint density at radius 3 is 2.90 bits per heavy atom. The van der Waals surface area contributed by atoms with Crippen LogP contribution in [0.25, 0.3) is 8.79 Å². The molecular formula is C8H7NTe. The molecule has 0 saturated carbocycles. The summed E-state index contributed by atoms with van der Waals surface area (Å²) < 4.78 is 3.75. The Kier molecular flexibility index (Phi) is 1.44. The maximum absolute atomic E-state index is 5.74. The van der Waals surface area contributed by atoms with Crippen LogP contribution in [0.5, 0.6) is 0 Å². The number of rotatable bonds is 0. The molecule has 0 atom stereocenters. The zero-order valence-corrected chi connectivity index (χ0v) is 7.70. The van der Waals surface area contributed by atoms with Crippen LogP contribution in [0.4, 0.5) is 5.69 Å². The third-order valence-electron chi connectivity index (χ3n) is 1.53. The van der Waals surface area contributed by atoms with E-state index in [0.29, 0.717) is 0 Å². The van der Waals surface area contributed by atoms with Gasteiger partial charge in [-0.05, 0) is 0 Å². The second kappa shape index (κ2) is 2.30. The van der Waals surface area contributed by atoms with Gasteiger partial charge in [0.25, 0.3) is 0 Å². The van der Waals surface area contributed by atoms with E-state index in [-0.39, 0.29) is 20.4 Å². The Morgan fingerprint density at radius 2 is 2.10 bits per heavy atom. The van der Waals surface area contributed by atoms with Crippen LogP contribution in [0, 0.1) is 0 Å². The summed E-state index contributed by atoms with van der Waals surface area (Å²) in [4.78, 5) is 0. The van der Waals surface area contributed by atoms with Gasteiger partial charge >= 0.3 is 69.0 Å². The molecule has 0 aliphatic heterocycles. The fourth-order valence-electron chi connectivity index (χ4n) is 1.02. The second-order valence-corrected chi connectivity index (χ2v) is 4.88. The molecule has 0 aliphatic rings. The number of nitrogens with two attached hydrogens (primary N) is 1. The number of anilines is 1. The van der Waals surface area contributed by atoms with Crippen LogP contribution in [0.2, 0.25) is 0 Å². The summed E-state index contributed by atoms with van der Waals surface area (Å²) in [5.41, 5.74) is 6.67. The van der Waals surface area contributed by atoms with Gasteiger partial charge in [0.2, 0.25) is 0 Å². The molecule has 0 spiro atoms. The Balaban J connectivity index is 2.95. The van der Waals surface area contributed by atoms with Crippen molar-refractivity contribution in [2.24, 2.45) is 0 Å². The van der Waals surface area contributed by atoms with E-state index in [0.717, 1.165) is 5.69 Å². The standard InChI is InChI=1S/C8H7NTe/c9-7-2-1-3-8-6(7)4-5-10-8/h1-5H,9H2. The Bertz CT molecular complexity index is 351. The predicted molar refractivity (Wildman–Crippen MR) is 45.3 cm³/mol. The second-order valence-electron chi connectivity index (χ2n) is 2.18. The van der Waals surface area contributed by atoms with Crippen molar-refractivity contribution in [1.29, 1.82) is 0 Å². The molecular weight excluding hydrogens is 238 g/mol. The molecule has 1 aromatic carbocycles. The van der Waals surface area contributed by atoms with Gasteiger partial charge in [0.15, 0.2) is 0 Å². The molecule has 2 aromatic rings. The summed E-state index contributed by atoms with van der Waals surface area (Å²) in [6, 6.07) is 8.31. The predicted octanol–water partition coefficient (Wildman–Crippen LogP) is 1.48. The summed E-state index contributed by atoms with van der Waals surface area (Å²) in [6.07, 6.45) is 0. The van der Waals surface area contributed by atoms with Gasteiger partial charge in [-0.25, -0.2) is 0 Å². The molecule has 0 radical (unpaired) electrons. The van der Waals surface area contributed by atoms with Gasteiger partial charge in [-0.2, -0.15) is 0 Å². The molecule has 0 bridgehead atoms. The average molecular weight is 245 g/mol. The van der Waals surface area contributed by atoms with Crippen molar-refractivity contribution in [3.8, 4) is 0 Å². The number of hydrogen-bond acceptors (Lipinski definition) is 1. The Morgan fingerprint density at radius 1 is 1.20 bits per heavy atom. The van der Waals surface area contributed by atoms with Crippen molar-refractivity contribution >= 4 is 34.9 Å². The molecule has 50 valence electrons. The molecule has 1 aromatic heterocycles. The van der Waals surface area contributed by atoms with E-state index in [2.05, 4.69) is 16.2 Å². The first-order valence-electron chi connectivity index (χ1n) is 3.09. The summed E-state index contributed by atoms with van der Waals surface area (Å²) in [5.74, 6) is 0. The van der Waals surface area contributed by atoms with Crippen molar-refractivity contribution in [2.75, 3.05) is 5.73 Å². The van der Waals surface area contributed by atoms with Gasteiger partial charge in [-0.15, -0.1) is 0 Å². The molecule has 0 fully saturated rings. The number of benzene rings is 1. The minimum atomic E-state index is -0.0179. The van der Waals surface area contributed by atoms with E-state index >= 15 is 0 Å². The van der Waals surface area contributed by atoms with E-state index in [1.165, 1.54) is 8.79 Å². The first kappa shape index (κ1) is 6.27. The number of hydrogen-bond donors (Lipinski definition) is 1. The molecule has 2 N–H and O–H groups in total. The fourth-order valence-corrected chi connectivity index (χ4v) is 3.36. The topological polar surface area (TPSA) is 26.0 Å². The van der Waals surface area contributed by atoms with Crippen LogP contribution >= 0.6 is 0 Å². The fraction of sp³-hybridized carbons (Fsp3) is 0. The molecule has 1 nitrogen and oxygen atoms in total. The molecule has 10 heavy (non-hydrogen) atoms. The van der Waals surface area contributed by atoms with Crippen molar-refractivity contribution in [3.05, 3.63) is 28.3 Å². The quantitative estimate of drug-likeness (QED) is 0.551. The van der Waals surface area contributed by atoms with E-state index in [1.807, 2.05) is 12.1 Å². The molecule has 0 aliphatic carbocycles. The first-order valence-corrected chi connectivity index (χ1v) is 5.61. The molecule has 2 rings (SSSR count). The van der Waals surface area contributed by atoms with Crippen LogP contribution in [0.1, 0.15) is 0 Å². The van der Waals surface area contributed by atoms with Crippen molar-refractivity contribution < 1.29 is 0 Å². The molecule has 1 heterocycles. The first-order chi connectivity index (χ1) is 4.88. The van der Waals surface area contributed by atoms with E-state index < -0.39 is 0 Å². The van der Waals surface area contributed by atoms with Gasteiger partial charge in [0.1, 0.15) is 0 Å². The van der Waals surface area contributed by atoms with Crippen LogP contribution < -0.4 is 5.73 Å². The van der Waals surface area contributed by atoms with E-state index in [1.54, 1.807) is 0 Å². The van der Waals surface area contributed by atoms with E-state index in [4.69, 9.17) is 5.73 Å². The summed E-state index contributed by atoms with van der Waals surface area (Å²) in [7, 11) is 0. The van der Waals surface area contributed by atoms with Crippen molar-refractivity contribution in [3.63, 3.8) is 0 Å². The summed E-state index contributed by atoms with van der Waals surface area (Å²) >= 11 is -0.0179. The van der Waals surface area contributed by atoms with Gasteiger partial charge in [0, 0.05) is 0 Å². The summed E-state index contributed by atoms with van der Waals surface area (Å²) in [5, 5.41) is 1.27. The minimum absolute atomic E-state index is 0.0179. The van der Waals surface area contributed by atoms with Gasteiger partial charge in [-0.3, -0.25) is 0 Å². The third kappa shape index (κ3) is 0.847. The van der Waals surface area contributed by atoms with Crippen LogP contribution in [-0.2, 0) is 0 Å². The zero-order chi connectivity index (χ0) is 6.97. The molecule has 0 saturated heterocycles. The van der Waals surface area contributed by atoms with E-state index in [9.17, 15) is 0 Å². The Labute approximate surface area is 69.1 Å². The zero-order valence-electron chi connectivity index (χ0n) is 5.37. The number of nitrogen functional groups attached to an aromatic ring is 1. The van der Waals surface area contributed by atoms with Crippen molar-refractivity contribution in [2.45, 2.75) is 0 Å². The monoisotopic (exact) mass is 247 g/mol. The Hall–Kier alpha value is -0.450. The van der Waals surface area contributed by atoms with Gasteiger partial charge in [0.05, 0.1) is 0 Å². The average Bonchev–Trinajstić information content (AvgIpc) is 2.36. The third-order valence-corrected chi connectivity index (χ3v) is 4.05. The van der Waals surface area contributed by atoms with Crippen LogP contribution in [0.3, 0.4) is 0 Å². The van der Waals surface area contributed by atoms with Gasteiger partial charge in [-0.1, -0.05) is 0 Å². The molecule has 0 unspecified atom stereocenters. The maximum atomic E-state index is 5.74. The van der Waals surface area contributed by atoms with Crippen molar-refractivity contribution in [1.82, 2.24) is 0 Å².